The van der Waals surface area contributed by atoms with E-state index in [9.17, 15) is 14.4 Å². The Morgan fingerprint density at radius 3 is 2.80 bits per heavy atom. The maximum Gasteiger partial charge on any atom is 0.328 e. The molecule has 7 heteroatoms. The molecule has 0 aromatic rings. The molecule has 20 heavy (non-hydrogen) atoms. The number of carboxylic acids is 1. The normalized spacial score (nSPS) is 20.2. The zero-order valence-corrected chi connectivity index (χ0v) is 12.0. The molecular weight excluding hydrogens is 262 g/mol. The molecule has 1 rings (SSSR count). The minimum atomic E-state index is -1.11. The van der Waals surface area contributed by atoms with Gasteiger partial charge in [-0.3, -0.25) is 9.69 Å². The summed E-state index contributed by atoms with van der Waals surface area (Å²) < 4.78 is 0. The number of unbranched alkanes of at least 4 members (excludes halogenated alkanes) is 2. The lowest BCUT2D eigenvalue weighted by Crippen LogP contribution is -2.62. The largest absolute Gasteiger partial charge is 0.480 e. The Morgan fingerprint density at radius 1 is 1.50 bits per heavy atom. The Balaban J connectivity index is 2.54. The Hall–Kier alpha value is -1.79. The molecule has 1 aliphatic heterocycles. The van der Waals surface area contributed by atoms with Gasteiger partial charge in [0.1, 0.15) is 12.6 Å². The van der Waals surface area contributed by atoms with Crippen LogP contribution in [0, 0.1) is 0 Å². The van der Waals surface area contributed by atoms with Crippen LogP contribution in [0.25, 0.3) is 0 Å². The molecule has 1 fully saturated rings. The number of amides is 3. The number of nitrogens with one attached hydrogen (secondary N) is 2. The molecule has 1 heterocycles. The highest BCUT2D eigenvalue weighted by Gasteiger charge is 2.35. The summed E-state index contributed by atoms with van der Waals surface area (Å²) in [5.41, 5.74) is 0. The molecule has 0 spiro atoms. The Morgan fingerprint density at radius 2 is 2.20 bits per heavy atom. The zero-order chi connectivity index (χ0) is 15.1. The minimum absolute atomic E-state index is 0.0338. The van der Waals surface area contributed by atoms with Gasteiger partial charge in [0.05, 0.1) is 0 Å². The fourth-order valence-electron chi connectivity index (χ4n) is 2.14. The van der Waals surface area contributed by atoms with Gasteiger partial charge >= 0.3 is 12.0 Å². The van der Waals surface area contributed by atoms with E-state index in [4.69, 9.17) is 5.11 Å². The first-order valence-corrected chi connectivity index (χ1v) is 7.02. The summed E-state index contributed by atoms with van der Waals surface area (Å²) in [5, 5.41) is 14.3. The molecular formula is C13H23N3O4. The number of carboxylic acid groups (broad SMARTS) is 1. The maximum absolute atomic E-state index is 12.1. The lowest BCUT2D eigenvalue weighted by molar-refractivity contribution is -0.144. The van der Waals surface area contributed by atoms with Crippen molar-refractivity contribution >= 4 is 17.9 Å². The number of aliphatic carboxylic acids is 1. The third kappa shape index (κ3) is 4.71. The summed E-state index contributed by atoms with van der Waals surface area (Å²) in [6.45, 7) is 3.72. The van der Waals surface area contributed by atoms with Crippen LogP contribution in [0.4, 0.5) is 4.79 Å². The molecule has 0 aromatic heterocycles. The van der Waals surface area contributed by atoms with Crippen LogP contribution in [0.2, 0.25) is 0 Å². The van der Waals surface area contributed by atoms with Gasteiger partial charge in [-0.25, -0.2) is 9.59 Å². The van der Waals surface area contributed by atoms with E-state index in [0.29, 0.717) is 0 Å². The molecule has 2 unspecified atom stereocenters. The van der Waals surface area contributed by atoms with Crippen molar-refractivity contribution in [3.05, 3.63) is 0 Å². The van der Waals surface area contributed by atoms with Crippen LogP contribution >= 0.6 is 0 Å². The van der Waals surface area contributed by atoms with Crippen LogP contribution in [0.1, 0.15) is 39.5 Å². The van der Waals surface area contributed by atoms with E-state index < -0.39 is 18.0 Å². The van der Waals surface area contributed by atoms with Crippen molar-refractivity contribution in [2.75, 3.05) is 13.1 Å². The summed E-state index contributed by atoms with van der Waals surface area (Å²) in [7, 11) is 0. The van der Waals surface area contributed by atoms with Gasteiger partial charge < -0.3 is 15.7 Å². The zero-order valence-electron chi connectivity index (χ0n) is 12.0. The average molecular weight is 285 g/mol. The molecule has 1 aliphatic rings. The SMILES string of the molecule is CCCCCC(C)NC(=O)N1CC(=O)NCC1C(=O)O. The van der Waals surface area contributed by atoms with E-state index in [-0.39, 0.29) is 25.0 Å². The van der Waals surface area contributed by atoms with E-state index in [0.717, 1.165) is 30.6 Å². The van der Waals surface area contributed by atoms with E-state index in [1.165, 1.54) is 0 Å². The van der Waals surface area contributed by atoms with E-state index in [2.05, 4.69) is 17.6 Å². The smallest absolute Gasteiger partial charge is 0.328 e. The van der Waals surface area contributed by atoms with Gasteiger partial charge in [-0.05, 0) is 13.3 Å². The summed E-state index contributed by atoms with van der Waals surface area (Å²) in [4.78, 5) is 35.6. The number of carbonyl (C=O) groups excluding carboxylic acids is 2. The highest BCUT2D eigenvalue weighted by Crippen LogP contribution is 2.07. The van der Waals surface area contributed by atoms with Crippen LogP contribution < -0.4 is 10.6 Å². The van der Waals surface area contributed by atoms with Crippen LogP contribution in [-0.4, -0.2) is 53.1 Å². The first-order chi connectivity index (χ1) is 9.45. The third-order valence-corrected chi connectivity index (χ3v) is 3.34. The maximum atomic E-state index is 12.1. The third-order valence-electron chi connectivity index (χ3n) is 3.34. The van der Waals surface area contributed by atoms with Gasteiger partial charge in [0.2, 0.25) is 5.91 Å². The fourth-order valence-corrected chi connectivity index (χ4v) is 2.14. The summed E-state index contributed by atoms with van der Waals surface area (Å²) in [6.07, 6.45) is 4.07. The number of rotatable bonds is 6. The summed E-state index contributed by atoms with van der Waals surface area (Å²) >= 11 is 0. The Kier molecular flexibility index (Phi) is 6.27. The molecule has 0 aromatic carbocycles. The topological polar surface area (TPSA) is 98.7 Å². The quantitative estimate of drug-likeness (QED) is 0.621. The monoisotopic (exact) mass is 285 g/mol. The van der Waals surface area contributed by atoms with Gasteiger partial charge in [0.25, 0.3) is 0 Å². The van der Waals surface area contributed by atoms with Crippen molar-refractivity contribution in [3.63, 3.8) is 0 Å². The van der Waals surface area contributed by atoms with E-state index in [1.54, 1.807) is 0 Å². The fraction of sp³-hybridized carbons (Fsp3) is 0.769. The number of hydrogen-bond acceptors (Lipinski definition) is 3. The highest BCUT2D eigenvalue weighted by atomic mass is 16.4. The van der Waals surface area contributed by atoms with Crippen molar-refractivity contribution in [1.82, 2.24) is 15.5 Å². The van der Waals surface area contributed by atoms with Crippen molar-refractivity contribution < 1.29 is 19.5 Å². The molecule has 0 aliphatic carbocycles. The van der Waals surface area contributed by atoms with E-state index in [1.807, 2.05) is 6.92 Å². The van der Waals surface area contributed by atoms with Gasteiger partial charge in [0, 0.05) is 12.6 Å². The highest BCUT2D eigenvalue weighted by molar-refractivity contribution is 5.90. The number of carbonyl (C=O) groups is 3. The molecule has 2 atom stereocenters. The van der Waals surface area contributed by atoms with Crippen molar-refractivity contribution in [3.8, 4) is 0 Å². The van der Waals surface area contributed by atoms with Gasteiger partial charge in [-0.2, -0.15) is 0 Å². The number of piperazine rings is 1. The molecule has 0 bridgehead atoms. The van der Waals surface area contributed by atoms with Crippen LogP contribution in [0.15, 0.2) is 0 Å². The number of nitrogens with zero attached hydrogens (tertiary/aromatic N) is 1. The van der Waals surface area contributed by atoms with Crippen LogP contribution in [0.5, 0.6) is 0 Å². The molecule has 7 nitrogen and oxygen atoms in total. The molecule has 0 radical (unpaired) electrons. The standard InChI is InChI=1S/C13H23N3O4/c1-3-4-5-6-9(2)15-13(20)16-8-11(17)14-7-10(16)12(18)19/h9-10H,3-8H2,1-2H3,(H,14,17)(H,15,20)(H,18,19). The van der Waals surface area contributed by atoms with Crippen molar-refractivity contribution in [2.24, 2.45) is 0 Å². The van der Waals surface area contributed by atoms with Crippen LogP contribution in [0.3, 0.4) is 0 Å². The molecule has 1 saturated heterocycles. The Bertz CT molecular complexity index is 373. The van der Waals surface area contributed by atoms with Gasteiger partial charge in [-0.15, -0.1) is 0 Å². The molecule has 3 amide bonds. The lowest BCUT2D eigenvalue weighted by Gasteiger charge is -2.33. The predicted molar refractivity (Wildman–Crippen MR) is 73.3 cm³/mol. The second-order valence-corrected chi connectivity index (χ2v) is 5.13. The molecule has 3 N–H and O–H groups in total. The second kappa shape index (κ2) is 7.72. The average Bonchev–Trinajstić information content (AvgIpc) is 2.38. The molecule has 0 saturated carbocycles. The summed E-state index contributed by atoms with van der Waals surface area (Å²) in [6, 6.07) is -1.53. The predicted octanol–water partition coefficient (Wildman–Crippen LogP) is 0.550. The first kappa shape index (κ1) is 16.3. The van der Waals surface area contributed by atoms with Gasteiger partial charge in [0.15, 0.2) is 0 Å². The number of urea groups is 1. The Labute approximate surface area is 118 Å². The molecule has 114 valence electrons. The van der Waals surface area contributed by atoms with Gasteiger partial charge in [-0.1, -0.05) is 26.2 Å². The number of hydrogen-bond donors (Lipinski definition) is 3. The second-order valence-electron chi connectivity index (χ2n) is 5.13. The first-order valence-electron chi connectivity index (χ1n) is 7.02. The minimum Gasteiger partial charge on any atom is -0.480 e. The van der Waals surface area contributed by atoms with Crippen molar-refractivity contribution in [2.45, 2.75) is 51.6 Å². The lowest BCUT2D eigenvalue weighted by atomic mass is 10.1. The van der Waals surface area contributed by atoms with E-state index >= 15 is 0 Å². The van der Waals surface area contributed by atoms with Crippen LogP contribution in [-0.2, 0) is 9.59 Å². The summed E-state index contributed by atoms with van der Waals surface area (Å²) in [5.74, 6) is -1.45. The van der Waals surface area contributed by atoms with Crippen molar-refractivity contribution in [1.29, 1.82) is 0 Å².